The van der Waals surface area contributed by atoms with Crippen LogP contribution in [0.15, 0.2) is 42.7 Å². The van der Waals surface area contributed by atoms with E-state index in [4.69, 9.17) is 21.6 Å². The topological polar surface area (TPSA) is 53.4 Å². The van der Waals surface area contributed by atoms with E-state index >= 15 is 0 Å². The van der Waals surface area contributed by atoms with Crippen molar-refractivity contribution in [1.82, 2.24) is 4.98 Å². The first-order chi connectivity index (χ1) is 7.66. The summed E-state index contributed by atoms with van der Waals surface area (Å²) < 4.78 is 0. The average molecular weight is 233 g/mol. The molecule has 2 N–H and O–H groups in total. The van der Waals surface area contributed by atoms with Crippen molar-refractivity contribution in [1.29, 1.82) is 0 Å². The van der Waals surface area contributed by atoms with Crippen LogP contribution in [0.3, 0.4) is 0 Å². The van der Waals surface area contributed by atoms with Gasteiger partial charge in [0.1, 0.15) is 0 Å². The number of hydrogen-bond donors (Lipinski definition) is 2. The van der Waals surface area contributed by atoms with Gasteiger partial charge >= 0.3 is 7.12 Å². The van der Waals surface area contributed by atoms with Gasteiger partial charge in [-0.2, -0.15) is 0 Å². The van der Waals surface area contributed by atoms with E-state index in [0.717, 1.165) is 11.1 Å². The number of rotatable bonds is 2. The lowest BCUT2D eigenvalue weighted by atomic mass is 9.80. The molecule has 0 aliphatic rings. The maximum atomic E-state index is 9.04. The molecule has 0 fully saturated rings. The average Bonchev–Trinajstić information content (AvgIpc) is 2.29. The number of benzene rings is 1. The molecule has 0 unspecified atom stereocenters. The standard InChI is InChI=1S/C11H9BClNO2/c13-11-3-1-2-8(5-11)9-4-10(12(15)16)7-14-6-9/h1-7,15-16H. The van der Waals surface area contributed by atoms with Crippen LogP contribution in [0.2, 0.25) is 5.02 Å². The fourth-order valence-electron chi connectivity index (χ4n) is 1.42. The summed E-state index contributed by atoms with van der Waals surface area (Å²) in [4.78, 5) is 3.95. The Kier molecular flexibility index (Phi) is 3.24. The Morgan fingerprint density at radius 1 is 1.06 bits per heavy atom. The van der Waals surface area contributed by atoms with E-state index in [0.29, 0.717) is 10.5 Å². The van der Waals surface area contributed by atoms with Gasteiger partial charge in [-0.1, -0.05) is 29.8 Å². The van der Waals surface area contributed by atoms with E-state index in [1.165, 1.54) is 6.20 Å². The zero-order chi connectivity index (χ0) is 11.5. The quantitative estimate of drug-likeness (QED) is 0.763. The van der Waals surface area contributed by atoms with E-state index < -0.39 is 7.12 Å². The van der Waals surface area contributed by atoms with Crippen molar-refractivity contribution in [3.05, 3.63) is 47.7 Å². The van der Waals surface area contributed by atoms with Gasteiger partial charge in [-0.05, 0) is 23.3 Å². The second-order valence-corrected chi connectivity index (χ2v) is 3.83. The van der Waals surface area contributed by atoms with Gasteiger partial charge in [0.2, 0.25) is 0 Å². The van der Waals surface area contributed by atoms with E-state index in [1.807, 2.05) is 12.1 Å². The minimum absolute atomic E-state index is 0.359. The van der Waals surface area contributed by atoms with Crippen molar-refractivity contribution in [3.8, 4) is 11.1 Å². The normalized spacial score (nSPS) is 10.2. The number of aromatic nitrogens is 1. The van der Waals surface area contributed by atoms with Crippen LogP contribution in [-0.4, -0.2) is 22.2 Å². The van der Waals surface area contributed by atoms with Crippen LogP contribution in [0.25, 0.3) is 11.1 Å². The first-order valence-electron chi connectivity index (χ1n) is 4.74. The minimum atomic E-state index is -1.51. The molecule has 0 radical (unpaired) electrons. The highest BCUT2D eigenvalue weighted by Crippen LogP contribution is 2.20. The fraction of sp³-hybridized carbons (Fsp3) is 0. The van der Waals surface area contributed by atoms with Crippen molar-refractivity contribution >= 4 is 24.2 Å². The van der Waals surface area contributed by atoms with Crippen LogP contribution in [0.1, 0.15) is 0 Å². The minimum Gasteiger partial charge on any atom is -0.423 e. The molecule has 1 aromatic carbocycles. The summed E-state index contributed by atoms with van der Waals surface area (Å²) in [6.07, 6.45) is 3.07. The molecule has 2 aromatic rings. The lowest BCUT2D eigenvalue weighted by Gasteiger charge is -2.04. The van der Waals surface area contributed by atoms with Crippen molar-refractivity contribution in [2.45, 2.75) is 0 Å². The SMILES string of the molecule is OB(O)c1cncc(-c2cccc(Cl)c2)c1. The van der Waals surface area contributed by atoms with Crippen molar-refractivity contribution in [2.24, 2.45) is 0 Å². The van der Waals surface area contributed by atoms with Gasteiger partial charge in [0.15, 0.2) is 0 Å². The summed E-state index contributed by atoms with van der Waals surface area (Å²) in [5, 5.41) is 18.7. The fourth-order valence-corrected chi connectivity index (χ4v) is 1.62. The molecule has 0 amide bonds. The van der Waals surface area contributed by atoms with Gasteiger partial charge in [0.05, 0.1) is 0 Å². The van der Waals surface area contributed by atoms with Crippen molar-refractivity contribution < 1.29 is 10.0 Å². The molecule has 0 spiro atoms. The molecular weight excluding hydrogens is 224 g/mol. The molecule has 5 heteroatoms. The van der Waals surface area contributed by atoms with Crippen LogP contribution in [-0.2, 0) is 0 Å². The monoisotopic (exact) mass is 233 g/mol. The van der Waals surface area contributed by atoms with Crippen LogP contribution >= 0.6 is 11.6 Å². The maximum Gasteiger partial charge on any atom is 0.490 e. The summed E-state index contributed by atoms with van der Waals surface area (Å²) in [5.74, 6) is 0. The van der Waals surface area contributed by atoms with Gasteiger partial charge in [0.25, 0.3) is 0 Å². The third-order valence-electron chi connectivity index (χ3n) is 2.22. The number of halogens is 1. The molecule has 3 nitrogen and oxygen atoms in total. The predicted molar refractivity (Wildman–Crippen MR) is 64.5 cm³/mol. The molecule has 1 heterocycles. The van der Waals surface area contributed by atoms with E-state index in [2.05, 4.69) is 4.98 Å². The van der Waals surface area contributed by atoms with E-state index in [9.17, 15) is 0 Å². The van der Waals surface area contributed by atoms with Crippen molar-refractivity contribution in [3.63, 3.8) is 0 Å². The van der Waals surface area contributed by atoms with E-state index in [1.54, 1.807) is 24.4 Å². The Hall–Kier alpha value is -1.36. The molecule has 16 heavy (non-hydrogen) atoms. The Labute approximate surface area is 98.5 Å². The van der Waals surface area contributed by atoms with Crippen LogP contribution in [0, 0.1) is 0 Å². The molecule has 0 aliphatic heterocycles. The summed E-state index contributed by atoms with van der Waals surface area (Å²) in [7, 11) is -1.51. The largest absolute Gasteiger partial charge is 0.490 e. The van der Waals surface area contributed by atoms with Gasteiger partial charge in [-0.25, -0.2) is 0 Å². The lowest BCUT2D eigenvalue weighted by Crippen LogP contribution is -2.30. The van der Waals surface area contributed by atoms with E-state index in [-0.39, 0.29) is 0 Å². The summed E-state index contributed by atoms with van der Waals surface area (Å²) in [6.45, 7) is 0. The molecular formula is C11H9BClNO2. The first-order valence-corrected chi connectivity index (χ1v) is 5.11. The maximum absolute atomic E-state index is 9.04. The Morgan fingerprint density at radius 2 is 1.88 bits per heavy atom. The highest BCUT2D eigenvalue weighted by molar-refractivity contribution is 6.58. The molecule has 0 aliphatic carbocycles. The molecule has 0 saturated carbocycles. The highest BCUT2D eigenvalue weighted by atomic mass is 35.5. The zero-order valence-corrected chi connectivity index (χ0v) is 9.09. The van der Waals surface area contributed by atoms with Gasteiger partial charge in [-0.15, -0.1) is 0 Å². The highest BCUT2D eigenvalue weighted by Gasteiger charge is 2.12. The lowest BCUT2D eigenvalue weighted by molar-refractivity contribution is 0.425. The number of hydrogen-bond acceptors (Lipinski definition) is 3. The summed E-state index contributed by atoms with van der Waals surface area (Å²) >= 11 is 5.88. The zero-order valence-electron chi connectivity index (χ0n) is 8.34. The van der Waals surface area contributed by atoms with Crippen LogP contribution in [0.4, 0.5) is 0 Å². The summed E-state index contributed by atoms with van der Waals surface area (Å²) in [5.41, 5.74) is 2.05. The Morgan fingerprint density at radius 3 is 2.56 bits per heavy atom. The second kappa shape index (κ2) is 4.66. The number of nitrogens with zero attached hydrogens (tertiary/aromatic N) is 1. The second-order valence-electron chi connectivity index (χ2n) is 3.39. The van der Waals surface area contributed by atoms with Crippen LogP contribution in [0.5, 0.6) is 0 Å². The first kappa shape index (κ1) is 11.1. The Balaban J connectivity index is 2.44. The smallest absolute Gasteiger partial charge is 0.423 e. The molecule has 0 saturated heterocycles. The van der Waals surface area contributed by atoms with Crippen molar-refractivity contribution in [2.75, 3.05) is 0 Å². The third kappa shape index (κ3) is 2.42. The molecule has 0 bridgehead atoms. The van der Waals surface area contributed by atoms with Gasteiger partial charge < -0.3 is 10.0 Å². The predicted octanol–water partition coefficient (Wildman–Crippen LogP) is 1.08. The van der Waals surface area contributed by atoms with Crippen LogP contribution < -0.4 is 5.46 Å². The van der Waals surface area contributed by atoms with Gasteiger partial charge in [-0.3, -0.25) is 4.98 Å². The molecule has 1 aromatic heterocycles. The molecule has 0 atom stereocenters. The Bertz CT molecular complexity index is 505. The van der Waals surface area contributed by atoms with Gasteiger partial charge in [0, 0.05) is 22.9 Å². The summed E-state index contributed by atoms with van der Waals surface area (Å²) in [6, 6.07) is 8.97. The molecule has 80 valence electrons. The third-order valence-corrected chi connectivity index (χ3v) is 2.45. The number of pyridine rings is 1. The molecule has 2 rings (SSSR count).